The second kappa shape index (κ2) is 9.36. The van der Waals surface area contributed by atoms with Crippen LogP contribution in [-0.2, 0) is 19.7 Å². The molecule has 1 aromatic rings. The van der Waals surface area contributed by atoms with Gasteiger partial charge in [-0.15, -0.1) is 0 Å². The molecular weight excluding hydrogens is 309 g/mol. The Kier molecular flexibility index (Phi) is 8.19. The van der Waals surface area contributed by atoms with E-state index in [9.17, 15) is 13.7 Å². The van der Waals surface area contributed by atoms with Crippen molar-refractivity contribution in [2.45, 2.75) is 39.5 Å². The summed E-state index contributed by atoms with van der Waals surface area (Å²) in [6, 6.07) is 8.55. The van der Waals surface area contributed by atoms with Crippen LogP contribution in [0.5, 0.6) is 0 Å². The van der Waals surface area contributed by atoms with Crippen molar-refractivity contribution in [2.75, 3.05) is 11.3 Å². The van der Waals surface area contributed by atoms with Crippen molar-refractivity contribution in [3.8, 4) is 0 Å². The van der Waals surface area contributed by atoms with Crippen molar-refractivity contribution in [1.29, 1.82) is 0 Å². The highest BCUT2D eigenvalue weighted by atomic mass is 32.8. The molecule has 0 amide bonds. The first-order valence-electron chi connectivity index (χ1n) is 7.19. The van der Waals surface area contributed by atoms with Gasteiger partial charge in [-0.05, 0) is 24.5 Å². The normalized spacial score (nSPS) is 16.9. The maximum Gasteiger partial charge on any atom is 0.243 e. The smallest absolute Gasteiger partial charge is 0.243 e. The van der Waals surface area contributed by atoms with E-state index in [1.807, 2.05) is 6.92 Å². The first kappa shape index (κ1) is 18.4. The topological polar surface area (TPSA) is 78.5 Å². The molecule has 1 aromatic carbocycles. The van der Waals surface area contributed by atoms with Crippen LogP contribution in [0.15, 0.2) is 30.3 Å². The van der Waals surface area contributed by atoms with E-state index >= 15 is 0 Å². The molecule has 0 radical (unpaired) electrons. The number of anilines is 1. The molecule has 0 spiro atoms. The average Bonchev–Trinajstić information content (AvgIpc) is 2.48. The van der Waals surface area contributed by atoms with E-state index in [4.69, 9.17) is 4.52 Å². The number of para-hydroxylation sites is 1. The number of unbranched alkanes of at least 4 members (excludes halogenated alkanes) is 1. The predicted molar refractivity (Wildman–Crippen MR) is 85.1 cm³/mol. The van der Waals surface area contributed by atoms with Gasteiger partial charge in [-0.3, -0.25) is 9.29 Å². The third-order valence-corrected chi connectivity index (χ3v) is 6.28. The van der Waals surface area contributed by atoms with Gasteiger partial charge in [-0.2, -0.15) is 0 Å². The van der Waals surface area contributed by atoms with Crippen molar-refractivity contribution in [3.05, 3.63) is 30.3 Å². The number of benzene rings is 1. The Labute approximate surface area is 129 Å². The predicted octanol–water partition coefficient (Wildman–Crippen LogP) is 3.46. The van der Waals surface area contributed by atoms with Gasteiger partial charge in [-0.25, -0.2) is 4.21 Å². The monoisotopic (exact) mass is 332 g/mol. The van der Waals surface area contributed by atoms with Crippen molar-refractivity contribution in [1.82, 2.24) is 0 Å². The summed E-state index contributed by atoms with van der Waals surface area (Å²) in [4.78, 5) is 11.9. The lowest BCUT2D eigenvalue weighted by Crippen LogP contribution is -2.18. The van der Waals surface area contributed by atoms with Crippen LogP contribution >= 0.6 is 6.80 Å². The molecule has 3 atom stereocenters. The van der Waals surface area contributed by atoms with Crippen LogP contribution in [-0.4, -0.2) is 10.8 Å². The number of hydrogen-bond donors (Lipinski definition) is 1. The number of rotatable bonds is 10. The molecule has 0 saturated carbocycles. The summed E-state index contributed by atoms with van der Waals surface area (Å²) in [5.74, 6) is 0.181. The molecule has 0 heterocycles. The van der Waals surface area contributed by atoms with Crippen LogP contribution in [0.2, 0.25) is 0 Å². The Morgan fingerprint density at radius 1 is 1.33 bits per heavy atom. The summed E-state index contributed by atoms with van der Waals surface area (Å²) in [6.45, 7) is -0.254. The Hall–Kier alpha value is -0.680. The Morgan fingerprint density at radius 3 is 2.57 bits per heavy atom. The Bertz CT molecular complexity index is 483. The van der Waals surface area contributed by atoms with E-state index in [0.29, 0.717) is 5.69 Å². The minimum absolute atomic E-state index is 0.0967. The standard InChI is InChI=1S/C14H24NO4PS/c1-3-5-9-13(4-2)12-19-20(16,17)21(18)15-14-10-7-6-8-11-14/h6-8,10-11,13,15H,3-5,9,12H2,1-2H3,(H,16,17)/p-1. The first-order valence-corrected chi connectivity index (χ1v) is 10.5. The first-order chi connectivity index (χ1) is 9.99. The average molecular weight is 332 g/mol. The SMILES string of the molecule is CCCCC(CC)COP(=O)([O-])S(=O)Nc1ccccc1. The lowest BCUT2D eigenvalue weighted by atomic mass is 10.0. The summed E-state index contributed by atoms with van der Waals surface area (Å²) in [6.07, 6.45) is 3.87. The minimum Gasteiger partial charge on any atom is -0.767 e. The van der Waals surface area contributed by atoms with E-state index in [1.165, 1.54) is 0 Å². The molecule has 0 fully saturated rings. The van der Waals surface area contributed by atoms with Crippen LogP contribution in [0.25, 0.3) is 0 Å². The Morgan fingerprint density at radius 2 is 2.00 bits per heavy atom. The van der Waals surface area contributed by atoms with Gasteiger partial charge < -0.3 is 9.42 Å². The molecule has 0 aromatic heterocycles. The van der Waals surface area contributed by atoms with Gasteiger partial charge in [0.1, 0.15) is 0 Å². The van der Waals surface area contributed by atoms with Gasteiger partial charge >= 0.3 is 0 Å². The number of hydrogen-bond acceptors (Lipinski definition) is 4. The second-order valence-electron chi connectivity index (χ2n) is 4.88. The van der Waals surface area contributed by atoms with E-state index in [2.05, 4.69) is 11.6 Å². The van der Waals surface area contributed by atoms with E-state index in [-0.39, 0.29) is 12.5 Å². The molecule has 5 nitrogen and oxygen atoms in total. The third kappa shape index (κ3) is 6.74. The second-order valence-corrected chi connectivity index (χ2v) is 9.07. The van der Waals surface area contributed by atoms with Gasteiger partial charge in [0.05, 0.1) is 6.61 Å². The fraction of sp³-hybridized carbons (Fsp3) is 0.571. The van der Waals surface area contributed by atoms with Gasteiger partial charge in [0.25, 0.3) is 0 Å². The highest BCUT2D eigenvalue weighted by molar-refractivity contribution is 8.45. The summed E-state index contributed by atoms with van der Waals surface area (Å²) < 4.78 is 31.1. The van der Waals surface area contributed by atoms with Crippen LogP contribution < -0.4 is 9.62 Å². The molecule has 21 heavy (non-hydrogen) atoms. The van der Waals surface area contributed by atoms with Crippen molar-refractivity contribution in [3.63, 3.8) is 0 Å². The summed E-state index contributed by atoms with van der Waals surface area (Å²) in [7, 11) is -2.28. The van der Waals surface area contributed by atoms with Crippen LogP contribution in [0, 0.1) is 5.92 Å². The zero-order chi connectivity index (χ0) is 15.7. The Balaban J connectivity index is 2.51. The maximum absolute atomic E-state index is 11.9. The lowest BCUT2D eigenvalue weighted by Gasteiger charge is -2.25. The lowest BCUT2D eigenvalue weighted by molar-refractivity contribution is -0.191. The third-order valence-electron chi connectivity index (χ3n) is 3.19. The summed E-state index contributed by atoms with van der Waals surface area (Å²) >= 11 is 0. The molecule has 0 aliphatic carbocycles. The van der Waals surface area contributed by atoms with Crippen molar-refractivity contribution in [2.24, 2.45) is 5.92 Å². The molecule has 1 rings (SSSR count). The summed E-state index contributed by atoms with van der Waals surface area (Å²) in [5.41, 5.74) is 0.480. The molecule has 0 bridgehead atoms. The fourth-order valence-electron chi connectivity index (χ4n) is 1.81. The molecule has 3 unspecified atom stereocenters. The van der Waals surface area contributed by atoms with Gasteiger partial charge in [0.15, 0.2) is 10.6 Å². The van der Waals surface area contributed by atoms with Crippen molar-refractivity contribution >= 4 is 23.1 Å². The molecule has 0 aliphatic rings. The van der Waals surface area contributed by atoms with Crippen molar-refractivity contribution < 1.29 is 18.2 Å². The van der Waals surface area contributed by atoms with E-state index in [0.717, 1.165) is 25.7 Å². The van der Waals surface area contributed by atoms with Gasteiger partial charge in [-0.1, -0.05) is 51.3 Å². The molecule has 0 aliphatic heterocycles. The molecule has 1 N–H and O–H groups in total. The molecule has 120 valence electrons. The summed E-state index contributed by atoms with van der Waals surface area (Å²) in [5, 5.41) is 0. The van der Waals surface area contributed by atoms with Crippen LogP contribution in [0.1, 0.15) is 39.5 Å². The largest absolute Gasteiger partial charge is 0.767 e. The zero-order valence-electron chi connectivity index (χ0n) is 12.5. The van der Waals surface area contributed by atoms with E-state index in [1.54, 1.807) is 30.3 Å². The van der Waals surface area contributed by atoms with Crippen LogP contribution in [0.4, 0.5) is 5.69 Å². The quantitative estimate of drug-likeness (QED) is 0.666. The highest BCUT2D eigenvalue weighted by Gasteiger charge is 2.20. The zero-order valence-corrected chi connectivity index (χ0v) is 14.2. The molecule has 0 saturated heterocycles. The number of nitrogens with one attached hydrogen (secondary N) is 1. The maximum atomic E-state index is 11.9. The van der Waals surface area contributed by atoms with Gasteiger partial charge in [0, 0.05) is 5.69 Å². The molecule has 7 heteroatoms. The van der Waals surface area contributed by atoms with Gasteiger partial charge in [0.2, 0.25) is 6.80 Å². The fourth-order valence-corrected chi connectivity index (χ4v) is 3.87. The van der Waals surface area contributed by atoms with Crippen LogP contribution in [0.3, 0.4) is 0 Å². The molecular formula is C14H23NO4PS-. The minimum atomic E-state index is -4.44. The van der Waals surface area contributed by atoms with E-state index < -0.39 is 17.4 Å². The highest BCUT2D eigenvalue weighted by Crippen LogP contribution is 2.42.